The number of nitrogens with two attached hydrogens (primary N) is 1. The van der Waals surface area contributed by atoms with Crippen molar-refractivity contribution in [3.63, 3.8) is 0 Å². The third-order valence-corrected chi connectivity index (χ3v) is 2.63. The summed E-state index contributed by atoms with van der Waals surface area (Å²) in [6.45, 7) is 0. The molecule has 5 nitrogen and oxygen atoms in total. The highest BCUT2D eigenvalue weighted by atomic mass is 32.2. The number of nitrogen functional groups attached to an aromatic ring is 1. The van der Waals surface area contributed by atoms with E-state index in [0.29, 0.717) is 5.16 Å². The second-order valence-corrected chi connectivity index (χ2v) is 3.93. The molecule has 0 saturated carbocycles. The van der Waals surface area contributed by atoms with Crippen LogP contribution in [0.5, 0.6) is 0 Å². The number of anilines is 1. The number of nitrogens with zero attached hydrogens (tertiary/aromatic N) is 3. The Balaban J connectivity index is 2.44. The van der Waals surface area contributed by atoms with Gasteiger partial charge in [-0.25, -0.2) is 4.39 Å². The van der Waals surface area contributed by atoms with Gasteiger partial charge in [-0.3, -0.25) is 4.79 Å². The van der Waals surface area contributed by atoms with E-state index < -0.39 is 11.7 Å². The first-order valence-corrected chi connectivity index (χ1v) is 5.91. The first-order chi connectivity index (χ1) is 8.13. The Morgan fingerprint density at radius 2 is 2.18 bits per heavy atom. The molecule has 1 aromatic heterocycles. The van der Waals surface area contributed by atoms with E-state index in [-0.39, 0.29) is 11.5 Å². The van der Waals surface area contributed by atoms with Crippen LogP contribution < -0.4 is 5.73 Å². The Morgan fingerprint density at radius 3 is 2.76 bits per heavy atom. The molecule has 1 heterocycles. The van der Waals surface area contributed by atoms with E-state index in [1.807, 2.05) is 0 Å². The molecule has 0 unspecified atom stereocenters. The standard InChI is InChI=1S/C10H9FN4OS/c1-17-10-13-9(12)15(14-10)8(16)6-4-2-3-5-7(6)11/h2-5H,1H3,(H2,12,13,14). The molecular formula is C10H9FN4OS. The first-order valence-electron chi connectivity index (χ1n) is 4.69. The Labute approximate surface area is 101 Å². The maximum absolute atomic E-state index is 13.4. The van der Waals surface area contributed by atoms with Crippen LogP contribution in [0.2, 0.25) is 0 Å². The summed E-state index contributed by atoms with van der Waals surface area (Å²) in [4.78, 5) is 15.8. The van der Waals surface area contributed by atoms with E-state index in [1.54, 1.807) is 12.3 Å². The number of thioether (sulfide) groups is 1. The van der Waals surface area contributed by atoms with E-state index in [2.05, 4.69) is 10.1 Å². The van der Waals surface area contributed by atoms with Crippen LogP contribution in [-0.2, 0) is 0 Å². The molecule has 0 spiro atoms. The van der Waals surface area contributed by atoms with Crippen molar-refractivity contribution in [2.75, 3.05) is 12.0 Å². The van der Waals surface area contributed by atoms with Gasteiger partial charge in [-0.2, -0.15) is 9.67 Å². The number of hydrogen-bond donors (Lipinski definition) is 1. The third-order valence-electron chi connectivity index (χ3n) is 2.09. The maximum atomic E-state index is 13.4. The number of aromatic nitrogens is 3. The number of hydrogen-bond acceptors (Lipinski definition) is 5. The van der Waals surface area contributed by atoms with Gasteiger partial charge in [0, 0.05) is 0 Å². The van der Waals surface area contributed by atoms with Crippen molar-refractivity contribution < 1.29 is 9.18 Å². The van der Waals surface area contributed by atoms with E-state index in [9.17, 15) is 9.18 Å². The van der Waals surface area contributed by atoms with E-state index >= 15 is 0 Å². The Kier molecular flexibility index (Phi) is 3.10. The fourth-order valence-electron chi connectivity index (χ4n) is 1.29. The molecule has 0 amide bonds. The number of carbonyl (C=O) groups is 1. The monoisotopic (exact) mass is 252 g/mol. The summed E-state index contributed by atoms with van der Waals surface area (Å²) in [5.41, 5.74) is 5.45. The number of rotatable bonds is 2. The highest BCUT2D eigenvalue weighted by Crippen LogP contribution is 2.14. The second-order valence-electron chi connectivity index (χ2n) is 3.15. The lowest BCUT2D eigenvalue weighted by molar-refractivity contribution is 0.0942. The second kappa shape index (κ2) is 4.54. The summed E-state index contributed by atoms with van der Waals surface area (Å²) in [5, 5.41) is 4.24. The fraction of sp³-hybridized carbons (Fsp3) is 0.100. The smallest absolute Gasteiger partial charge is 0.284 e. The molecule has 0 bridgehead atoms. The van der Waals surface area contributed by atoms with Gasteiger partial charge in [-0.15, -0.1) is 5.10 Å². The van der Waals surface area contributed by atoms with Gasteiger partial charge in [0.2, 0.25) is 11.1 Å². The van der Waals surface area contributed by atoms with Gasteiger partial charge >= 0.3 is 0 Å². The summed E-state index contributed by atoms with van der Waals surface area (Å²) in [5.74, 6) is -1.30. The van der Waals surface area contributed by atoms with Crippen LogP contribution in [0.15, 0.2) is 29.4 Å². The van der Waals surface area contributed by atoms with Gasteiger partial charge in [-0.05, 0) is 18.4 Å². The zero-order valence-electron chi connectivity index (χ0n) is 8.92. The molecule has 0 aliphatic heterocycles. The molecule has 0 aliphatic rings. The van der Waals surface area contributed by atoms with Gasteiger partial charge in [-0.1, -0.05) is 23.9 Å². The Bertz CT molecular complexity index is 569. The summed E-state index contributed by atoms with van der Waals surface area (Å²) in [6.07, 6.45) is 1.76. The molecule has 1 aromatic carbocycles. The Hall–Kier alpha value is -1.89. The van der Waals surface area contributed by atoms with Gasteiger partial charge in [0.15, 0.2) is 0 Å². The van der Waals surface area contributed by atoms with Crippen molar-refractivity contribution in [1.82, 2.24) is 14.8 Å². The van der Waals surface area contributed by atoms with Gasteiger partial charge in [0.05, 0.1) is 5.56 Å². The molecule has 0 atom stereocenters. The molecule has 88 valence electrons. The van der Waals surface area contributed by atoms with E-state index in [4.69, 9.17) is 5.73 Å². The highest BCUT2D eigenvalue weighted by molar-refractivity contribution is 7.98. The topological polar surface area (TPSA) is 73.8 Å². The minimum absolute atomic E-state index is 0.0531. The number of benzene rings is 1. The van der Waals surface area contributed by atoms with Crippen LogP contribution in [0.1, 0.15) is 10.4 Å². The Morgan fingerprint density at radius 1 is 1.47 bits per heavy atom. The minimum Gasteiger partial charge on any atom is -0.368 e. The molecule has 7 heteroatoms. The highest BCUT2D eigenvalue weighted by Gasteiger charge is 2.18. The quantitative estimate of drug-likeness (QED) is 0.818. The lowest BCUT2D eigenvalue weighted by atomic mass is 10.2. The third kappa shape index (κ3) is 2.14. The summed E-state index contributed by atoms with van der Waals surface area (Å²) in [7, 11) is 0. The van der Waals surface area contributed by atoms with Crippen LogP contribution >= 0.6 is 11.8 Å². The first kappa shape index (κ1) is 11.6. The average Bonchev–Trinajstić information content (AvgIpc) is 2.70. The van der Waals surface area contributed by atoms with Gasteiger partial charge in [0.1, 0.15) is 5.82 Å². The SMILES string of the molecule is CSc1nc(N)n(C(=O)c2ccccc2F)n1. The molecule has 0 aliphatic carbocycles. The van der Waals surface area contributed by atoms with Gasteiger partial charge in [0.25, 0.3) is 5.91 Å². The van der Waals surface area contributed by atoms with Crippen molar-refractivity contribution in [2.45, 2.75) is 5.16 Å². The molecule has 2 N–H and O–H groups in total. The van der Waals surface area contributed by atoms with Crippen LogP contribution in [0, 0.1) is 5.82 Å². The lowest BCUT2D eigenvalue weighted by Crippen LogP contribution is -2.17. The zero-order chi connectivity index (χ0) is 12.4. The largest absolute Gasteiger partial charge is 0.368 e. The average molecular weight is 252 g/mol. The van der Waals surface area contributed by atoms with Crippen LogP contribution in [0.25, 0.3) is 0 Å². The predicted octanol–water partition coefficient (Wildman–Crippen LogP) is 1.41. The molecule has 2 rings (SSSR count). The summed E-state index contributed by atoms with van der Waals surface area (Å²) in [6, 6.07) is 5.65. The van der Waals surface area contributed by atoms with Crippen molar-refractivity contribution in [3.8, 4) is 0 Å². The predicted molar refractivity (Wildman–Crippen MR) is 62.3 cm³/mol. The van der Waals surface area contributed by atoms with Crippen LogP contribution in [-0.4, -0.2) is 26.9 Å². The molecule has 2 aromatic rings. The van der Waals surface area contributed by atoms with E-state index in [0.717, 1.165) is 4.68 Å². The molecular weight excluding hydrogens is 243 g/mol. The molecule has 0 saturated heterocycles. The number of carbonyl (C=O) groups excluding carboxylic acids is 1. The molecule has 0 radical (unpaired) electrons. The lowest BCUT2D eigenvalue weighted by Gasteiger charge is -2.02. The fourth-order valence-corrected chi connectivity index (χ4v) is 1.64. The van der Waals surface area contributed by atoms with Crippen molar-refractivity contribution in [2.24, 2.45) is 0 Å². The van der Waals surface area contributed by atoms with Crippen molar-refractivity contribution in [1.29, 1.82) is 0 Å². The minimum atomic E-state index is -0.631. The maximum Gasteiger partial charge on any atom is 0.284 e. The summed E-state index contributed by atoms with van der Waals surface area (Å²) < 4.78 is 14.3. The van der Waals surface area contributed by atoms with Crippen LogP contribution in [0.4, 0.5) is 10.3 Å². The van der Waals surface area contributed by atoms with Crippen molar-refractivity contribution in [3.05, 3.63) is 35.6 Å². The molecule has 0 fully saturated rings. The van der Waals surface area contributed by atoms with Gasteiger partial charge < -0.3 is 5.73 Å². The summed E-state index contributed by atoms with van der Waals surface area (Å²) >= 11 is 1.25. The van der Waals surface area contributed by atoms with Crippen molar-refractivity contribution >= 4 is 23.6 Å². The number of halogens is 1. The normalized spacial score (nSPS) is 10.5. The van der Waals surface area contributed by atoms with Crippen LogP contribution in [0.3, 0.4) is 0 Å². The molecule has 17 heavy (non-hydrogen) atoms. The zero-order valence-corrected chi connectivity index (χ0v) is 9.74. The van der Waals surface area contributed by atoms with E-state index in [1.165, 1.54) is 30.0 Å².